The van der Waals surface area contributed by atoms with E-state index < -0.39 is 12.0 Å². The molecule has 5 nitrogen and oxygen atoms in total. The highest BCUT2D eigenvalue weighted by atomic mass is 35.5. The van der Waals surface area contributed by atoms with Crippen LogP contribution in [0.3, 0.4) is 0 Å². The van der Waals surface area contributed by atoms with Gasteiger partial charge in [-0.05, 0) is 37.6 Å². The molecule has 1 heterocycles. The van der Waals surface area contributed by atoms with E-state index in [2.05, 4.69) is 10.6 Å². The second-order valence-electron chi connectivity index (χ2n) is 4.57. The summed E-state index contributed by atoms with van der Waals surface area (Å²) in [6.07, 6.45) is 0. The molecule has 2 rings (SSSR count). The molecule has 0 unspecified atom stereocenters. The van der Waals surface area contributed by atoms with E-state index in [4.69, 9.17) is 16.3 Å². The molecule has 22 heavy (non-hydrogen) atoms. The summed E-state index contributed by atoms with van der Waals surface area (Å²) in [5.74, 6) is -0.472. The Hall–Kier alpha value is -2.05. The van der Waals surface area contributed by atoms with Gasteiger partial charge < -0.3 is 10.1 Å². The molecular weight excluding hydrogens is 324 g/mol. The molecule has 2 aromatic rings. The van der Waals surface area contributed by atoms with Crippen molar-refractivity contribution in [3.05, 3.63) is 45.3 Å². The Balaban J connectivity index is 2.18. The van der Waals surface area contributed by atoms with Gasteiger partial charge in [-0.2, -0.15) is 0 Å². The minimum Gasteiger partial charge on any atom is -0.465 e. The summed E-state index contributed by atoms with van der Waals surface area (Å²) in [6.45, 7) is 3.70. The Morgan fingerprint density at radius 2 is 1.95 bits per heavy atom. The van der Waals surface area contributed by atoms with E-state index in [1.165, 1.54) is 18.4 Å². The molecule has 0 radical (unpaired) electrons. The van der Waals surface area contributed by atoms with Gasteiger partial charge in [0.1, 0.15) is 5.00 Å². The third-order valence-corrected chi connectivity index (χ3v) is 4.44. The second kappa shape index (κ2) is 6.81. The van der Waals surface area contributed by atoms with Gasteiger partial charge >= 0.3 is 12.0 Å². The first-order valence-corrected chi connectivity index (χ1v) is 7.63. The van der Waals surface area contributed by atoms with Gasteiger partial charge in [0.15, 0.2) is 0 Å². The van der Waals surface area contributed by atoms with Crippen molar-refractivity contribution in [2.24, 2.45) is 0 Å². The number of amides is 2. The Bertz CT molecular complexity index is 728. The van der Waals surface area contributed by atoms with Gasteiger partial charge in [0.2, 0.25) is 0 Å². The number of nitrogens with one attached hydrogen (secondary N) is 2. The minimum absolute atomic E-state index is 0.381. The number of hydrogen-bond acceptors (Lipinski definition) is 4. The van der Waals surface area contributed by atoms with E-state index >= 15 is 0 Å². The Morgan fingerprint density at radius 3 is 2.59 bits per heavy atom. The fourth-order valence-corrected chi connectivity index (χ4v) is 3.13. The van der Waals surface area contributed by atoms with Gasteiger partial charge in [-0.3, -0.25) is 5.32 Å². The first-order chi connectivity index (χ1) is 10.4. The van der Waals surface area contributed by atoms with Crippen molar-refractivity contribution in [1.29, 1.82) is 0 Å². The maximum atomic E-state index is 12.1. The highest BCUT2D eigenvalue weighted by Crippen LogP contribution is 2.33. The number of anilines is 2. The summed E-state index contributed by atoms with van der Waals surface area (Å²) in [4.78, 5) is 24.9. The standard InChI is InChI=1S/C15H15ClN2O3S/c1-8-9(2)22-13(12(8)14(19)21-3)18-15(20)17-11-6-4-5-10(16)7-11/h4-7H,1-3H3,(H2,17,18,20). The average Bonchev–Trinajstić information content (AvgIpc) is 2.72. The Labute approximate surface area is 137 Å². The van der Waals surface area contributed by atoms with Crippen molar-refractivity contribution < 1.29 is 14.3 Å². The average molecular weight is 339 g/mol. The Kier molecular flexibility index (Phi) is 5.05. The number of ether oxygens (including phenoxy) is 1. The molecule has 2 amide bonds. The number of carbonyl (C=O) groups excluding carboxylic acids is 2. The summed E-state index contributed by atoms with van der Waals surface area (Å²) in [5.41, 5.74) is 1.75. The molecule has 0 atom stereocenters. The lowest BCUT2D eigenvalue weighted by Gasteiger charge is -2.08. The minimum atomic E-state index is -0.472. The predicted molar refractivity (Wildman–Crippen MR) is 89.2 cm³/mol. The molecule has 2 N–H and O–H groups in total. The first-order valence-electron chi connectivity index (χ1n) is 6.44. The van der Waals surface area contributed by atoms with Crippen LogP contribution in [0.15, 0.2) is 24.3 Å². The van der Waals surface area contributed by atoms with Crippen molar-refractivity contribution in [2.75, 3.05) is 17.7 Å². The SMILES string of the molecule is COC(=O)c1c(NC(=O)Nc2cccc(Cl)c2)sc(C)c1C. The van der Waals surface area contributed by atoms with Gasteiger partial charge in [-0.25, -0.2) is 9.59 Å². The summed E-state index contributed by atoms with van der Waals surface area (Å²) >= 11 is 7.20. The zero-order valence-corrected chi connectivity index (χ0v) is 13.9. The molecule has 0 aliphatic rings. The van der Waals surface area contributed by atoms with Crippen molar-refractivity contribution in [1.82, 2.24) is 0 Å². The van der Waals surface area contributed by atoms with Crippen molar-refractivity contribution >= 4 is 45.6 Å². The van der Waals surface area contributed by atoms with Gasteiger partial charge in [-0.1, -0.05) is 17.7 Å². The van der Waals surface area contributed by atoms with Crippen LogP contribution in [-0.2, 0) is 4.74 Å². The molecule has 0 spiro atoms. The van der Waals surface area contributed by atoms with Crippen LogP contribution in [0, 0.1) is 13.8 Å². The normalized spacial score (nSPS) is 10.2. The van der Waals surface area contributed by atoms with E-state index in [9.17, 15) is 9.59 Å². The van der Waals surface area contributed by atoms with Crippen LogP contribution in [0.5, 0.6) is 0 Å². The number of urea groups is 1. The van der Waals surface area contributed by atoms with Crippen LogP contribution >= 0.6 is 22.9 Å². The molecule has 0 fully saturated rings. The quantitative estimate of drug-likeness (QED) is 0.812. The molecule has 1 aromatic carbocycles. The van der Waals surface area contributed by atoms with E-state index in [1.54, 1.807) is 24.3 Å². The van der Waals surface area contributed by atoms with Gasteiger partial charge in [0.25, 0.3) is 0 Å². The highest BCUT2D eigenvalue weighted by molar-refractivity contribution is 7.16. The van der Waals surface area contributed by atoms with Crippen LogP contribution in [0.1, 0.15) is 20.8 Å². The second-order valence-corrected chi connectivity index (χ2v) is 6.23. The highest BCUT2D eigenvalue weighted by Gasteiger charge is 2.21. The summed E-state index contributed by atoms with van der Waals surface area (Å²) < 4.78 is 4.77. The zero-order chi connectivity index (χ0) is 16.3. The number of halogens is 1. The summed E-state index contributed by atoms with van der Waals surface area (Å²) in [5, 5.41) is 6.33. The molecular formula is C15H15ClN2O3S. The smallest absolute Gasteiger partial charge is 0.341 e. The third-order valence-electron chi connectivity index (χ3n) is 3.08. The van der Waals surface area contributed by atoms with E-state index in [1.807, 2.05) is 13.8 Å². The number of carbonyl (C=O) groups is 2. The van der Waals surface area contributed by atoms with Crippen LogP contribution in [0.25, 0.3) is 0 Å². The van der Waals surface area contributed by atoms with Crippen LogP contribution in [-0.4, -0.2) is 19.1 Å². The maximum absolute atomic E-state index is 12.1. The van der Waals surface area contributed by atoms with Gasteiger partial charge in [0.05, 0.1) is 12.7 Å². The topological polar surface area (TPSA) is 67.4 Å². The third kappa shape index (κ3) is 3.58. The Morgan fingerprint density at radius 1 is 1.23 bits per heavy atom. The van der Waals surface area contributed by atoms with Crippen LogP contribution in [0.2, 0.25) is 5.02 Å². The summed E-state index contributed by atoms with van der Waals surface area (Å²) in [7, 11) is 1.31. The summed E-state index contributed by atoms with van der Waals surface area (Å²) in [6, 6.07) is 6.35. The van der Waals surface area contributed by atoms with E-state index in [0.29, 0.717) is 21.3 Å². The predicted octanol–water partition coefficient (Wildman–Crippen LogP) is 4.45. The van der Waals surface area contributed by atoms with Crippen molar-refractivity contribution in [3.8, 4) is 0 Å². The fraction of sp³-hybridized carbons (Fsp3) is 0.200. The number of methoxy groups -OCH3 is 1. The van der Waals surface area contributed by atoms with E-state index in [0.717, 1.165) is 10.4 Å². The number of esters is 1. The fourth-order valence-electron chi connectivity index (χ4n) is 1.89. The van der Waals surface area contributed by atoms with E-state index in [-0.39, 0.29) is 0 Å². The van der Waals surface area contributed by atoms with Crippen LogP contribution < -0.4 is 10.6 Å². The number of rotatable bonds is 3. The molecule has 0 bridgehead atoms. The van der Waals surface area contributed by atoms with Crippen molar-refractivity contribution in [2.45, 2.75) is 13.8 Å². The lowest BCUT2D eigenvalue weighted by Crippen LogP contribution is -2.20. The molecule has 0 aliphatic carbocycles. The molecule has 0 saturated carbocycles. The lowest BCUT2D eigenvalue weighted by molar-refractivity contribution is 0.0601. The van der Waals surface area contributed by atoms with Crippen LogP contribution in [0.4, 0.5) is 15.5 Å². The first kappa shape index (κ1) is 16.3. The molecule has 1 aromatic heterocycles. The van der Waals surface area contributed by atoms with Crippen molar-refractivity contribution in [3.63, 3.8) is 0 Å². The largest absolute Gasteiger partial charge is 0.465 e. The van der Waals surface area contributed by atoms with Gasteiger partial charge in [0, 0.05) is 15.6 Å². The number of thiophene rings is 1. The monoisotopic (exact) mass is 338 g/mol. The molecule has 116 valence electrons. The number of benzene rings is 1. The molecule has 0 saturated heterocycles. The zero-order valence-electron chi connectivity index (χ0n) is 12.3. The molecule has 0 aliphatic heterocycles. The number of aryl methyl sites for hydroxylation is 1. The maximum Gasteiger partial charge on any atom is 0.341 e. The lowest BCUT2D eigenvalue weighted by atomic mass is 10.1. The van der Waals surface area contributed by atoms with Gasteiger partial charge in [-0.15, -0.1) is 11.3 Å². The molecule has 7 heteroatoms. The number of hydrogen-bond donors (Lipinski definition) is 2.